The van der Waals surface area contributed by atoms with Crippen molar-refractivity contribution in [3.63, 3.8) is 0 Å². The van der Waals surface area contributed by atoms with E-state index in [-0.39, 0.29) is 5.91 Å². The zero-order chi connectivity index (χ0) is 21.5. The first-order valence-electron chi connectivity index (χ1n) is 10.8. The van der Waals surface area contributed by atoms with Gasteiger partial charge in [0.1, 0.15) is 12.4 Å². The smallest absolute Gasteiger partial charge is 0.225 e. The second kappa shape index (κ2) is 10.6. The quantitative estimate of drug-likeness (QED) is 0.562. The number of ether oxygens (including phenoxy) is 1. The molecule has 162 valence electrons. The number of carbonyl (C=O) groups excluding carboxylic acids is 1. The van der Waals surface area contributed by atoms with Crippen molar-refractivity contribution in [2.75, 3.05) is 51.2 Å². The van der Waals surface area contributed by atoms with Crippen molar-refractivity contribution in [2.45, 2.75) is 6.42 Å². The van der Waals surface area contributed by atoms with Crippen molar-refractivity contribution in [3.8, 4) is 5.75 Å². The summed E-state index contributed by atoms with van der Waals surface area (Å²) in [6, 6.07) is 21.7. The first-order chi connectivity index (χ1) is 15.2. The summed E-state index contributed by atoms with van der Waals surface area (Å²) in [6.45, 7) is 6.17. The molecule has 4 rings (SSSR count). The highest BCUT2D eigenvalue weighted by Crippen LogP contribution is 2.24. The number of fused-ring (bicyclic) bond motifs is 1. The SMILES string of the molecule is O=C(CCN1CCN(CCOc2ccccc2Cl)CC1)Nc1cccc2ccccc12. The number of rotatable bonds is 8. The van der Waals surface area contributed by atoms with Gasteiger partial charge in [0.2, 0.25) is 5.91 Å². The molecule has 1 saturated heterocycles. The summed E-state index contributed by atoms with van der Waals surface area (Å²) in [6.07, 6.45) is 0.499. The minimum Gasteiger partial charge on any atom is -0.491 e. The molecule has 0 aliphatic carbocycles. The van der Waals surface area contributed by atoms with Gasteiger partial charge >= 0.3 is 0 Å². The minimum absolute atomic E-state index is 0.0620. The molecule has 0 saturated carbocycles. The number of benzene rings is 3. The molecule has 5 nitrogen and oxygen atoms in total. The monoisotopic (exact) mass is 437 g/mol. The molecule has 0 bridgehead atoms. The molecule has 6 heteroatoms. The lowest BCUT2D eigenvalue weighted by atomic mass is 10.1. The van der Waals surface area contributed by atoms with Crippen molar-refractivity contribution in [1.82, 2.24) is 9.80 Å². The van der Waals surface area contributed by atoms with Crippen LogP contribution in [0.3, 0.4) is 0 Å². The lowest BCUT2D eigenvalue weighted by Crippen LogP contribution is -2.48. The topological polar surface area (TPSA) is 44.8 Å². The lowest BCUT2D eigenvalue weighted by Gasteiger charge is -2.34. The second-order valence-electron chi connectivity index (χ2n) is 7.79. The van der Waals surface area contributed by atoms with Crippen LogP contribution < -0.4 is 10.1 Å². The minimum atomic E-state index is 0.0620. The fourth-order valence-electron chi connectivity index (χ4n) is 3.89. The van der Waals surface area contributed by atoms with E-state index in [9.17, 15) is 4.79 Å². The molecular weight excluding hydrogens is 410 g/mol. The number of hydrogen-bond donors (Lipinski definition) is 1. The summed E-state index contributed by atoms with van der Waals surface area (Å²) in [4.78, 5) is 17.2. The standard InChI is InChI=1S/C25H28ClN3O2/c26-22-9-3-4-11-24(22)31-19-18-29-16-14-28(15-17-29)13-12-25(30)27-23-10-5-7-20-6-1-2-8-21(20)23/h1-11H,12-19H2,(H,27,30). The maximum absolute atomic E-state index is 12.5. The predicted molar refractivity (Wildman–Crippen MR) is 127 cm³/mol. The summed E-state index contributed by atoms with van der Waals surface area (Å²) in [5.74, 6) is 0.798. The van der Waals surface area contributed by atoms with Crippen molar-refractivity contribution in [2.24, 2.45) is 0 Å². The Labute approximate surface area is 188 Å². The first kappa shape index (κ1) is 21.6. The molecule has 1 aliphatic heterocycles. The zero-order valence-electron chi connectivity index (χ0n) is 17.6. The van der Waals surface area contributed by atoms with E-state index in [1.807, 2.05) is 54.6 Å². The lowest BCUT2D eigenvalue weighted by molar-refractivity contribution is -0.116. The molecule has 1 aliphatic rings. The van der Waals surface area contributed by atoms with Crippen molar-refractivity contribution < 1.29 is 9.53 Å². The molecule has 1 N–H and O–H groups in total. The van der Waals surface area contributed by atoms with Gasteiger partial charge in [-0.3, -0.25) is 9.69 Å². The Kier molecular flexibility index (Phi) is 7.41. The van der Waals surface area contributed by atoms with Gasteiger partial charge in [-0.05, 0) is 23.6 Å². The number of para-hydroxylation sites is 1. The second-order valence-corrected chi connectivity index (χ2v) is 8.19. The van der Waals surface area contributed by atoms with Crippen LogP contribution in [-0.4, -0.2) is 61.6 Å². The summed E-state index contributed by atoms with van der Waals surface area (Å²) in [5.41, 5.74) is 0.881. The van der Waals surface area contributed by atoms with Gasteiger partial charge in [0.15, 0.2) is 0 Å². The average molecular weight is 438 g/mol. The van der Waals surface area contributed by atoms with E-state index in [2.05, 4.69) is 27.2 Å². The highest BCUT2D eigenvalue weighted by atomic mass is 35.5. The Morgan fingerprint density at radius 3 is 2.35 bits per heavy atom. The molecular formula is C25H28ClN3O2. The van der Waals surface area contributed by atoms with Crippen LogP contribution >= 0.6 is 11.6 Å². The summed E-state index contributed by atoms with van der Waals surface area (Å²) < 4.78 is 5.79. The molecule has 3 aromatic carbocycles. The van der Waals surface area contributed by atoms with Gasteiger partial charge in [-0.1, -0.05) is 60.1 Å². The predicted octanol–water partition coefficient (Wildman–Crippen LogP) is 4.52. The van der Waals surface area contributed by atoms with Gasteiger partial charge in [-0.15, -0.1) is 0 Å². The third kappa shape index (κ3) is 5.97. The molecule has 1 amide bonds. The Balaban J connectivity index is 1.16. The fourth-order valence-corrected chi connectivity index (χ4v) is 4.08. The van der Waals surface area contributed by atoms with Gasteiger partial charge in [0.05, 0.1) is 5.02 Å². The third-order valence-electron chi connectivity index (χ3n) is 5.69. The zero-order valence-corrected chi connectivity index (χ0v) is 18.4. The molecule has 0 spiro atoms. The number of amides is 1. The van der Waals surface area contributed by atoms with E-state index < -0.39 is 0 Å². The van der Waals surface area contributed by atoms with Crippen molar-refractivity contribution in [1.29, 1.82) is 0 Å². The largest absolute Gasteiger partial charge is 0.491 e. The van der Waals surface area contributed by atoms with Crippen LogP contribution in [0.1, 0.15) is 6.42 Å². The van der Waals surface area contributed by atoms with E-state index in [0.29, 0.717) is 18.1 Å². The van der Waals surface area contributed by atoms with E-state index in [1.165, 1.54) is 0 Å². The number of halogens is 1. The number of anilines is 1. The number of carbonyl (C=O) groups is 1. The van der Waals surface area contributed by atoms with Gasteiger partial charge < -0.3 is 15.0 Å². The van der Waals surface area contributed by atoms with Crippen LogP contribution in [0.2, 0.25) is 5.02 Å². The van der Waals surface area contributed by atoms with Crippen LogP contribution in [0.25, 0.3) is 10.8 Å². The number of nitrogens with zero attached hydrogens (tertiary/aromatic N) is 2. The van der Waals surface area contributed by atoms with E-state index in [1.54, 1.807) is 0 Å². The highest BCUT2D eigenvalue weighted by Gasteiger charge is 2.17. The molecule has 0 aromatic heterocycles. The van der Waals surface area contributed by atoms with Gasteiger partial charge in [-0.2, -0.15) is 0 Å². The molecule has 1 fully saturated rings. The number of hydrogen-bond acceptors (Lipinski definition) is 4. The summed E-state index contributed by atoms with van der Waals surface area (Å²) in [5, 5.41) is 5.93. The number of nitrogens with one attached hydrogen (secondary N) is 1. The molecule has 31 heavy (non-hydrogen) atoms. The highest BCUT2D eigenvalue weighted by molar-refractivity contribution is 6.32. The first-order valence-corrected chi connectivity index (χ1v) is 11.2. The maximum Gasteiger partial charge on any atom is 0.225 e. The Hall–Kier alpha value is -2.60. The molecule has 0 unspecified atom stereocenters. The van der Waals surface area contributed by atoms with Crippen molar-refractivity contribution in [3.05, 3.63) is 71.8 Å². The third-order valence-corrected chi connectivity index (χ3v) is 6.00. The van der Waals surface area contributed by atoms with E-state index >= 15 is 0 Å². The molecule has 0 atom stereocenters. The Bertz CT molecular complexity index is 1010. The van der Waals surface area contributed by atoms with Crippen LogP contribution in [0, 0.1) is 0 Å². The Morgan fingerprint density at radius 2 is 1.55 bits per heavy atom. The molecule has 0 radical (unpaired) electrons. The molecule has 3 aromatic rings. The number of piperazine rings is 1. The van der Waals surface area contributed by atoms with E-state index in [0.717, 1.165) is 61.5 Å². The van der Waals surface area contributed by atoms with Gasteiger partial charge in [-0.25, -0.2) is 0 Å². The van der Waals surface area contributed by atoms with Crippen LogP contribution in [-0.2, 0) is 4.79 Å². The normalized spacial score (nSPS) is 15.1. The van der Waals surface area contributed by atoms with Gasteiger partial charge in [0.25, 0.3) is 0 Å². The molecule has 1 heterocycles. The van der Waals surface area contributed by atoms with Crippen molar-refractivity contribution >= 4 is 34.0 Å². The maximum atomic E-state index is 12.5. The summed E-state index contributed by atoms with van der Waals surface area (Å²) in [7, 11) is 0. The fraction of sp³-hybridized carbons (Fsp3) is 0.320. The van der Waals surface area contributed by atoms with E-state index in [4.69, 9.17) is 16.3 Å². The summed E-state index contributed by atoms with van der Waals surface area (Å²) >= 11 is 6.13. The van der Waals surface area contributed by atoms with Crippen LogP contribution in [0.15, 0.2) is 66.7 Å². The van der Waals surface area contributed by atoms with Gasteiger partial charge in [0, 0.05) is 56.8 Å². The Morgan fingerprint density at radius 1 is 0.871 bits per heavy atom. The average Bonchev–Trinajstić information content (AvgIpc) is 2.80. The van der Waals surface area contributed by atoms with Crippen LogP contribution in [0.5, 0.6) is 5.75 Å². The van der Waals surface area contributed by atoms with Crippen LogP contribution in [0.4, 0.5) is 5.69 Å².